The highest BCUT2D eigenvalue weighted by atomic mass is 79.9. The SMILES string of the molecule is Cc1ccc(S(=O)(=O)Nc2cccc(C(=O)Nc3ccc(Br)c(Cl)c3)c2)cc1. The summed E-state index contributed by atoms with van der Waals surface area (Å²) in [5.41, 5.74) is 2.10. The van der Waals surface area contributed by atoms with Crippen LogP contribution >= 0.6 is 27.5 Å². The molecule has 0 saturated heterocycles. The van der Waals surface area contributed by atoms with Crippen molar-refractivity contribution in [2.24, 2.45) is 0 Å². The van der Waals surface area contributed by atoms with E-state index < -0.39 is 10.0 Å². The third kappa shape index (κ3) is 4.92. The first-order chi connectivity index (χ1) is 13.2. The average Bonchev–Trinajstić information content (AvgIpc) is 2.65. The molecule has 0 unspecified atom stereocenters. The minimum absolute atomic E-state index is 0.150. The van der Waals surface area contributed by atoms with Gasteiger partial charge in [-0.15, -0.1) is 0 Å². The highest BCUT2D eigenvalue weighted by Crippen LogP contribution is 2.26. The molecule has 8 heteroatoms. The van der Waals surface area contributed by atoms with Crippen LogP contribution in [0.2, 0.25) is 5.02 Å². The fraction of sp³-hybridized carbons (Fsp3) is 0.0500. The fourth-order valence-corrected chi connectivity index (χ4v) is 3.91. The van der Waals surface area contributed by atoms with Crippen LogP contribution in [-0.2, 0) is 10.0 Å². The van der Waals surface area contributed by atoms with Gasteiger partial charge in [0, 0.05) is 21.4 Å². The highest BCUT2D eigenvalue weighted by molar-refractivity contribution is 9.10. The Hall–Kier alpha value is -2.35. The summed E-state index contributed by atoms with van der Waals surface area (Å²) in [5, 5.41) is 3.20. The number of benzene rings is 3. The Kier molecular flexibility index (Phi) is 6.07. The molecule has 3 aromatic rings. The number of carbonyl (C=O) groups excluding carboxylic acids is 1. The van der Waals surface area contributed by atoms with Crippen LogP contribution < -0.4 is 10.0 Å². The van der Waals surface area contributed by atoms with Crippen molar-refractivity contribution in [3.8, 4) is 0 Å². The summed E-state index contributed by atoms with van der Waals surface area (Å²) >= 11 is 9.33. The van der Waals surface area contributed by atoms with Crippen LogP contribution in [0.5, 0.6) is 0 Å². The van der Waals surface area contributed by atoms with Gasteiger partial charge in [0.15, 0.2) is 0 Å². The summed E-state index contributed by atoms with van der Waals surface area (Å²) < 4.78 is 28.3. The van der Waals surface area contributed by atoms with Crippen molar-refractivity contribution in [2.45, 2.75) is 11.8 Å². The van der Waals surface area contributed by atoms with Crippen molar-refractivity contribution >= 4 is 54.8 Å². The Morgan fingerprint density at radius 3 is 2.36 bits per heavy atom. The monoisotopic (exact) mass is 478 g/mol. The van der Waals surface area contributed by atoms with Crippen LogP contribution in [0.1, 0.15) is 15.9 Å². The van der Waals surface area contributed by atoms with E-state index in [9.17, 15) is 13.2 Å². The first-order valence-electron chi connectivity index (χ1n) is 8.20. The number of amides is 1. The van der Waals surface area contributed by atoms with Crippen molar-refractivity contribution in [1.29, 1.82) is 0 Å². The number of aryl methyl sites for hydroxylation is 1. The van der Waals surface area contributed by atoms with Gasteiger partial charge in [-0.1, -0.05) is 35.4 Å². The molecule has 0 spiro atoms. The van der Waals surface area contributed by atoms with E-state index in [1.807, 2.05) is 6.92 Å². The standard InChI is InChI=1S/C20H16BrClN2O3S/c1-13-5-8-17(9-6-13)28(26,27)24-16-4-2-3-14(11-16)20(25)23-15-7-10-18(21)19(22)12-15/h2-12,24H,1H3,(H,23,25). The molecular weight excluding hydrogens is 464 g/mol. The predicted octanol–water partition coefficient (Wildman–Crippen LogP) is 5.46. The Bertz CT molecular complexity index is 1130. The van der Waals surface area contributed by atoms with Gasteiger partial charge in [0.1, 0.15) is 0 Å². The zero-order chi connectivity index (χ0) is 20.3. The van der Waals surface area contributed by atoms with E-state index >= 15 is 0 Å². The average molecular weight is 480 g/mol. The topological polar surface area (TPSA) is 75.3 Å². The largest absolute Gasteiger partial charge is 0.322 e. The second-order valence-corrected chi connectivity index (χ2v) is 9.03. The van der Waals surface area contributed by atoms with Crippen molar-refractivity contribution < 1.29 is 13.2 Å². The van der Waals surface area contributed by atoms with Gasteiger partial charge in [0.25, 0.3) is 15.9 Å². The Morgan fingerprint density at radius 1 is 0.964 bits per heavy atom. The minimum Gasteiger partial charge on any atom is -0.322 e. The summed E-state index contributed by atoms with van der Waals surface area (Å²) in [4.78, 5) is 12.6. The van der Waals surface area contributed by atoms with Gasteiger partial charge in [-0.2, -0.15) is 0 Å². The van der Waals surface area contributed by atoms with Crippen LogP contribution in [0.3, 0.4) is 0 Å². The van der Waals surface area contributed by atoms with Crippen LogP contribution in [0.4, 0.5) is 11.4 Å². The molecule has 0 atom stereocenters. The first kappa shape index (κ1) is 20.4. The number of nitrogens with one attached hydrogen (secondary N) is 2. The molecule has 0 bridgehead atoms. The lowest BCUT2D eigenvalue weighted by Crippen LogP contribution is -2.15. The van der Waals surface area contributed by atoms with E-state index in [1.54, 1.807) is 48.5 Å². The van der Waals surface area contributed by atoms with E-state index in [4.69, 9.17) is 11.6 Å². The van der Waals surface area contributed by atoms with Gasteiger partial charge in [0.2, 0.25) is 0 Å². The molecule has 144 valence electrons. The molecule has 0 aromatic heterocycles. The number of halogens is 2. The number of hydrogen-bond donors (Lipinski definition) is 2. The van der Waals surface area contributed by atoms with Crippen LogP contribution in [0, 0.1) is 6.92 Å². The number of anilines is 2. The van der Waals surface area contributed by atoms with Crippen molar-refractivity contribution in [3.05, 3.63) is 87.4 Å². The van der Waals surface area contributed by atoms with Gasteiger partial charge in [-0.25, -0.2) is 8.42 Å². The lowest BCUT2D eigenvalue weighted by atomic mass is 10.2. The van der Waals surface area contributed by atoms with Gasteiger partial charge < -0.3 is 5.32 Å². The summed E-state index contributed by atoms with van der Waals surface area (Å²) in [6.45, 7) is 1.88. The number of sulfonamides is 1. The maximum absolute atomic E-state index is 12.5. The zero-order valence-electron chi connectivity index (χ0n) is 14.7. The lowest BCUT2D eigenvalue weighted by Gasteiger charge is -2.10. The molecule has 28 heavy (non-hydrogen) atoms. The second kappa shape index (κ2) is 8.34. The van der Waals surface area contributed by atoms with Gasteiger partial charge in [-0.3, -0.25) is 9.52 Å². The van der Waals surface area contributed by atoms with Crippen LogP contribution in [0.25, 0.3) is 0 Å². The fourth-order valence-electron chi connectivity index (χ4n) is 2.43. The second-order valence-electron chi connectivity index (χ2n) is 6.08. The molecule has 1 amide bonds. The maximum Gasteiger partial charge on any atom is 0.261 e. The predicted molar refractivity (Wildman–Crippen MR) is 116 cm³/mol. The molecule has 2 N–H and O–H groups in total. The Morgan fingerprint density at radius 2 is 1.68 bits per heavy atom. The van der Waals surface area contributed by atoms with E-state index in [0.29, 0.717) is 22.0 Å². The molecule has 0 aliphatic heterocycles. The van der Waals surface area contributed by atoms with Crippen LogP contribution in [-0.4, -0.2) is 14.3 Å². The van der Waals surface area contributed by atoms with E-state index in [1.165, 1.54) is 18.2 Å². The quantitative estimate of drug-likeness (QED) is 0.510. The van der Waals surface area contributed by atoms with Crippen molar-refractivity contribution in [1.82, 2.24) is 0 Å². The molecule has 0 aliphatic rings. The Balaban J connectivity index is 1.78. The van der Waals surface area contributed by atoms with Crippen molar-refractivity contribution in [2.75, 3.05) is 10.0 Å². The Labute approximate surface area is 176 Å². The summed E-state index contributed by atoms with van der Waals surface area (Å²) in [7, 11) is -3.75. The zero-order valence-corrected chi connectivity index (χ0v) is 17.9. The van der Waals surface area contributed by atoms with Crippen LogP contribution in [0.15, 0.2) is 76.1 Å². The number of rotatable bonds is 5. The molecule has 5 nitrogen and oxygen atoms in total. The summed E-state index contributed by atoms with van der Waals surface area (Å²) in [6.07, 6.45) is 0. The molecule has 0 aliphatic carbocycles. The van der Waals surface area contributed by atoms with E-state index in [0.717, 1.165) is 10.0 Å². The molecule has 0 heterocycles. The molecular formula is C20H16BrClN2O3S. The first-order valence-corrected chi connectivity index (χ1v) is 10.9. The smallest absolute Gasteiger partial charge is 0.261 e. The minimum atomic E-state index is -3.75. The molecule has 0 fully saturated rings. The molecule has 3 rings (SSSR count). The van der Waals surface area contributed by atoms with Gasteiger partial charge in [-0.05, 0) is 71.4 Å². The number of carbonyl (C=O) groups is 1. The van der Waals surface area contributed by atoms with E-state index in [-0.39, 0.29) is 10.8 Å². The summed E-state index contributed by atoms with van der Waals surface area (Å²) in [6, 6.07) is 17.8. The third-order valence-electron chi connectivity index (χ3n) is 3.89. The molecule has 0 radical (unpaired) electrons. The highest BCUT2D eigenvalue weighted by Gasteiger charge is 2.15. The normalized spacial score (nSPS) is 11.1. The van der Waals surface area contributed by atoms with E-state index in [2.05, 4.69) is 26.0 Å². The lowest BCUT2D eigenvalue weighted by molar-refractivity contribution is 0.102. The molecule has 3 aromatic carbocycles. The van der Waals surface area contributed by atoms with Gasteiger partial charge in [0.05, 0.1) is 9.92 Å². The third-order valence-corrected chi connectivity index (χ3v) is 6.52. The molecule has 0 saturated carbocycles. The van der Waals surface area contributed by atoms with Crippen molar-refractivity contribution in [3.63, 3.8) is 0 Å². The maximum atomic E-state index is 12.5. The summed E-state index contributed by atoms with van der Waals surface area (Å²) in [5.74, 6) is -0.380. The van der Waals surface area contributed by atoms with Gasteiger partial charge >= 0.3 is 0 Å². The number of hydrogen-bond acceptors (Lipinski definition) is 3.